The zero-order chi connectivity index (χ0) is 14.8. The van der Waals surface area contributed by atoms with Crippen molar-refractivity contribution in [2.75, 3.05) is 11.3 Å². The predicted octanol–water partition coefficient (Wildman–Crippen LogP) is 3.47. The van der Waals surface area contributed by atoms with Crippen LogP contribution in [-0.4, -0.2) is 15.0 Å². The van der Waals surface area contributed by atoms with Gasteiger partial charge in [0.05, 0.1) is 10.7 Å². The summed E-state index contributed by atoms with van der Waals surface area (Å²) in [5.41, 5.74) is 5.81. The van der Waals surface area contributed by atoms with E-state index >= 15 is 0 Å². The highest BCUT2D eigenvalue weighted by Gasteiger charge is 2.18. The number of nitrogens with two attached hydrogens (primary N) is 1. The van der Waals surface area contributed by atoms with Crippen LogP contribution in [0.15, 0.2) is 39.0 Å². The molecule has 0 radical (unpaired) electrons. The maximum absolute atomic E-state index is 12.3. The van der Waals surface area contributed by atoms with Crippen LogP contribution in [0.2, 0.25) is 5.02 Å². The minimum Gasteiger partial charge on any atom is -0.330 e. The molecule has 0 aliphatic heterocycles. The van der Waals surface area contributed by atoms with Gasteiger partial charge in [-0.25, -0.2) is 8.42 Å². The molecular weight excluding hydrogens is 384 g/mol. The Morgan fingerprint density at radius 3 is 2.70 bits per heavy atom. The molecule has 0 saturated heterocycles. The Morgan fingerprint density at radius 2 is 2.05 bits per heavy atom. The summed E-state index contributed by atoms with van der Waals surface area (Å²) in [6, 6.07) is 8.31. The van der Waals surface area contributed by atoms with E-state index in [1.807, 2.05) is 0 Å². The highest BCUT2D eigenvalue weighted by atomic mass is 79.9. The van der Waals surface area contributed by atoms with Crippen molar-refractivity contribution in [3.63, 3.8) is 0 Å². The molecule has 2 rings (SSSR count). The van der Waals surface area contributed by atoms with Crippen LogP contribution < -0.4 is 10.5 Å². The van der Waals surface area contributed by atoms with Crippen molar-refractivity contribution >= 4 is 54.6 Å². The molecule has 1 aromatic carbocycles. The van der Waals surface area contributed by atoms with Crippen molar-refractivity contribution < 1.29 is 8.42 Å². The minimum absolute atomic E-state index is 0.250. The number of hydrogen-bond acceptors (Lipinski definition) is 4. The van der Waals surface area contributed by atoms with Crippen LogP contribution in [0.25, 0.3) is 0 Å². The van der Waals surface area contributed by atoms with Gasteiger partial charge >= 0.3 is 0 Å². The Bertz CT molecular complexity index is 716. The first-order chi connectivity index (χ1) is 9.42. The van der Waals surface area contributed by atoms with Gasteiger partial charge in [-0.3, -0.25) is 4.72 Å². The van der Waals surface area contributed by atoms with Crippen molar-refractivity contribution in [3.8, 4) is 0 Å². The zero-order valence-electron chi connectivity index (χ0n) is 10.3. The largest absolute Gasteiger partial charge is 0.330 e. The monoisotopic (exact) mass is 394 g/mol. The molecule has 1 heterocycles. The van der Waals surface area contributed by atoms with Gasteiger partial charge in [0.1, 0.15) is 4.21 Å². The summed E-state index contributed by atoms with van der Waals surface area (Å²) in [7, 11) is -3.62. The number of thiophene rings is 1. The Morgan fingerprint density at radius 1 is 1.30 bits per heavy atom. The van der Waals surface area contributed by atoms with E-state index < -0.39 is 10.0 Å². The molecule has 0 atom stereocenters. The number of benzene rings is 1. The lowest BCUT2D eigenvalue weighted by atomic mass is 10.3. The minimum atomic E-state index is -3.62. The Balaban J connectivity index is 2.26. The quantitative estimate of drug-likeness (QED) is 0.814. The maximum Gasteiger partial charge on any atom is 0.271 e. The molecule has 0 unspecified atom stereocenters. The van der Waals surface area contributed by atoms with E-state index in [0.717, 1.165) is 9.35 Å². The fraction of sp³-hybridized carbons (Fsp3) is 0.167. The second-order valence-electron chi connectivity index (χ2n) is 3.99. The summed E-state index contributed by atoms with van der Waals surface area (Å²) in [5, 5.41) is 0.335. The smallest absolute Gasteiger partial charge is 0.271 e. The van der Waals surface area contributed by atoms with Crippen molar-refractivity contribution in [1.29, 1.82) is 0 Å². The summed E-state index contributed by atoms with van der Waals surface area (Å²) < 4.78 is 28.0. The van der Waals surface area contributed by atoms with E-state index in [2.05, 4.69) is 20.7 Å². The summed E-state index contributed by atoms with van der Waals surface area (Å²) in [4.78, 5) is 0.940. The number of halogens is 2. The second-order valence-corrected chi connectivity index (χ2v) is 8.39. The highest BCUT2D eigenvalue weighted by Crippen LogP contribution is 2.29. The Hall–Kier alpha value is -0.600. The lowest BCUT2D eigenvalue weighted by Gasteiger charge is -2.08. The topological polar surface area (TPSA) is 72.2 Å². The van der Waals surface area contributed by atoms with E-state index in [1.54, 1.807) is 30.3 Å². The maximum atomic E-state index is 12.3. The molecule has 0 bridgehead atoms. The van der Waals surface area contributed by atoms with Gasteiger partial charge < -0.3 is 5.73 Å². The van der Waals surface area contributed by atoms with Crippen molar-refractivity contribution in [1.82, 2.24) is 0 Å². The number of hydrogen-bond donors (Lipinski definition) is 2. The molecule has 8 heteroatoms. The van der Waals surface area contributed by atoms with Crippen LogP contribution in [0.1, 0.15) is 4.88 Å². The van der Waals surface area contributed by atoms with Gasteiger partial charge in [0.15, 0.2) is 0 Å². The molecule has 0 saturated carbocycles. The first-order valence-corrected chi connectivity index (χ1v) is 9.16. The van der Waals surface area contributed by atoms with Crippen LogP contribution >= 0.6 is 38.9 Å². The summed E-state index contributed by atoms with van der Waals surface area (Å²) >= 11 is 10.5. The lowest BCUT2D eigenvalue weighted by Crippen LogP contribution is -2.11. The third-order valence-electron chi connectivity index (χ3n) is 2.47. The van der Waals surface area contributed by atoms with Crippen LogP contribution in [-0.2, 0) is 16.4 Å². The molecular formula is C12H12BrClN2O2S2. The van der Waals surface area contributed by atoms with Gasteiger partial charge in [-0.15, -0.1) is 11.3 Å². The van der Waals surface area contributed by atoms with Gasteiger partial charge in [0.25, 0.3) is 10.0 Å². The molecule has 0 spiro atoms. The molecule has 0 aliphatic carbocycles. The molecule has 2 aromatic rings. The van der Waals surface area contributed by atoms with E-state index in [0.29, 0.717) is 23.7 Å². The molecule has 0 fully saturated rings. The molecule has 3 N–H and O–H groups in total. The Kier molecular flexibility index (Phi) is 5.09. The third-order valence-corrected chi connectivity index (χ3v) is 6.28. The van der Waals surface area contributed by atoms with Crippen molar-refractivity contribution in [2.45, 2.75) is 10.6 Å². The van der Waals surface area contributed by atoms with E-state index in [9.17, 15) is 8.42 Å². The van der Waals surface area contributed by atoms with Gasteiger partial charge in [0.2, 0.25) is 0 Å². The first kappa shape index (κ1) is 15.8. The fourth-order valence-corrected chi connectivity index (χ4v) is 4.77. The summed E-state index contributed by atoms with van der Waals surface area (Å²) in [5.74, 6) is 0. The van der Waals surface area contributed by atoms with Gasteiger partial charge in [0, 0.05) is 9.35 Å². The molecule has 0 aliphatic rings. The van der Waals surface area contributed by atoms with E-state index in [4.69, 9.17) is 17.3 Å². The van der Waals surface area contributed by atoms with E-state index in [1.165, 1.54) is 11.3 Å². The molecule has 20 heavy (non-hydrogen) atoms. The van der Waals surface area contributed by atoms with E-state index in [-0.39, 0.29) is 4.21 Å². The van der Waals surface area contributed by atoms with Crippen molar-refractivity contribution in [2.24, 2.45) is 5.73 Å². The van der Waals surface area contributed by atoms with Gasteiger partial charge in [-0.05, 0) is 43.3 Å². The highest BCUT2D eigenvalue weighted by molar-refractivity contribution is 9.10. The third kappa shape index (κ3) is 3.73. The van der Waals surface area contributed by atoms with Crippen molar-refractivity contribution in [3.05, 3.63) is 44.7 Å². The SMILES string of the molecule is NCCc1ccc(S(=O)(=O)Nc2ccc(Br)cc2Cl)s1. The van der Waals surface area contributed by atoms with Crippen LogP contribution in [0.4, 0.5) is 5.69 Å². The number of anilines is 1. The summed E-state index contributed by atoms with van der Waals surface area (Å²) in [6.07, 6.45) is 0.666. The van der Waals surface area contributed by atoms with Crippen LogP contribution in [0, 0.1) is 0 Å². The normalized spacial score (nSPS) is 11.6. The first-order valence-electron chi connectivity index (χ1n) is 5.69. The van der Waals surface area contributed by atoms with Crippen LogP contribution in [0.5, 0.6) is 0 Å². The second kappa shape index (κ2) is 6.44. The summed E-state index contributed by atoms with van der Waals surface area (Å²) in [6.45, 7) is 0.492. The lowest BCUT2D eigenvalue weighted by molar-refractivity contribution is 0.603. The number of nitrogens with one attached hydrogen (secondary N) is 1. The van der Waals surface area contributed by atoms with Gasteiger partial charge in [-0.2, -0.15) is 0 Å². The zero-order valence-corrected chi connectivity index (χ0v) is 14.2. The predicted molar refractivity (Wildman–Crippen MR) is 87.0 cm³/mol. The Labute approximate surface area is 135 Å². The standard InChI is InChI=1S/C12H12BrClN2O2S2/c13-8-1-3-11(10(14)7-8)16-20(17,18)12-4-2-9(19-12)5-6-15/h1-4,7,16H,5-6,15H2. The fourth-order valence-electron chi connectivity index (χ4n) is 1.55. The number of sulfonamides is 1. The van der Waals surface area contributed by atoms with Crippen LogP contribution in [0.3, 0.4) is 0 Å². The average molecular weight is 396 g/mol. The molecule has 0 amide bonds. The average Bonchev–Trinajstić information content (AvgIpc) is 2.83. The van der Waals surface area contributed by atoms with Gasteiger partial charge in [-0.1, -0.05) is 27.5 Å². The molecule has 1 aromatic heterocycles. The molecule has 108 valence electrons. The molecule has 4 nitrogen and oxygen atoms in total. The number of rotatable bonds is 5.